The molecule has 2 heterocycles. The van der Waals surface area contributed by atoms with Gasteiger partial charge in [0.1, 0.15) is 16.8 Å². The highest BCUT2D eigenvalue weighted by molar-refractivity contribution is 5.90. The maximum Gasteiger partial charge on any atom is 0.365 e. The van der Waals surface area contributed by atoms with Crippen molar-refractivity contribution < 1.29 is 14.4 Å². The number of benzene rings is 4. The number of carbonyl (C=O) groups is 1. The lowest BCUT2D eigenvalue weighted by Gasteiger charge is -2.42. The number of anilines is 1. The molecule has 0 atom stereocenters. The fraction of sp³-hybridized carbons (Fsp3) is 0.306. The molecule has 2 aliphatic rings. The quantitative estimate of drug-likeness (QED) is 0.209. The van der Waals surface area contributed by atoms with Crippen LogP contribution in [0.4, 0.5) is 5.69 Å². The molecule has 1 aromatic heterocycles. The summed E-state index contributed by atoms with van der Waals surface area (Å²) in [6.07, 6.45) is 5.08. The van der Waals surface area contributed by atoms with Gasteiger partial charge in [0.25, 0.3) is 0 Å². The first kappa shape index (κ1) is 28.1. The van der Waals surface area contributed by atoms with E-state index in [0.29, 0.717) is 28.6 Å². The summed E-state index contributed by atoms with van der Waals surface area (Å²) in [6.45, 7) is 4.33. The Morgan fingerprint density at radius 3 is 2.09 bits per heavy atom. The van der Waals surface area contributed by atoms with Crippen molar-refractivity contribution in [3.05, 3.63) is 108 Å². The molecular formula is C36H37N5O3. The fourth-order valence-corrected chi connectivity index (χ4v) is 6.71. The van der Waals surface area contributed by atoms with Gasteiger partial charge in [0, 0.05) is 37.9 Å². The average Bonchev–Trinajstić information content (AvgIpc) is 3.51. The summed E-state index contributed by atoms with van der Waals surface area (Å²) >= 11 is 0. The van der Waals surface area contributed by atoms with Crippen LogP contribution in [0.15, 0.2) is 97.1 Å². The molecule has 5 aromatic rings. The lowest BCUT2D eigenvalue weighted by atomic mass is 9.81. The maximum atomic E-state index is 12.7. The number of ether oxygens (including phenoxy) is 1. The first-order valence-electron chi connectivity index (χ1n) is 15.5. The van der Waals surface area contributed by atoms with Crippen molar-refractivity contribution in [3.8, 4) is 16.9 Å². The Labute approximate surface area is 257 Å². The topological polar surface area (TPSA) is 72.7 Å². The van der Waals surface area contributed by atoms with Gasteiger partial charge in [-0.15, -0.1) is 5.10 Å². The van der Waals surface area contributed by atoms with Crippen LogP contribution in [0.25, 0.3) is 22.2 Å². The van der Waals surface area contributed by atoms with Gasteiger partial charge in [-0.2, -0.15) is 0 Å². The van der Waals surface area contributed by atoms with Crippen LogP contribution in [0.5, 0.6) is 5.75 Å². The number of piperazine rings is 1. The molecule has 0 bridgehead atoms. The average molecular weight is 588 g/mol. The molecular weight excluding hydrogens is 550 g/mol. The zero-order valence-electron chi connectivity index (χ0n) is 25.0. The minimum atomic E-state index is -0.480. The summed E-state index contributed by atoms with van der Waals surface area (Å²) in [7, 11) is 1.72. The van der Waals surface area contributed by atoms with Crippen molar-refractivity contribution >= 4 is 22.7 Å². The second-order valence-electron chi connectivity index (χ2n) is 11.8. The molecule has 44 heavy (non-hydrogen) atoms. The fourth-order valence-electron chi connectivity index (χ4n) is 6.71. The van der Waals surface area contributed by atoms with Crippen LogP contribution in [0.2, 0.25) is 0 Å². The smallest absolute Gasteiger partial charge is 0.365 e. The Hall–Kier alpha value is -4.69. The third-order valence-electron chi connectivity index (χ3n) is 9.29. The van der Waals surface area contributed by atoms with E-state index in [0.717, 1.165) is 43.1 Å². The van der Waals surface area contributed by atoms with E-state index in [2.05, 4.69) is 68.6 Å². The molecule has 0 radical (unpaired) electrons. The highest BCUT2D eigenvalue weighted by Gasteiger charge is 2.29. The largest absolute Gasteiger partial charge is 0.497 e. The lowest BCUT2D eigenvalue weighted by Crippen LogP contribution is -2.51. The van der Waals surface area contributed by atoms with E-state index in [-0.39, 0.29) is 0 Å². The van der Waals surface area contributed by atoms with E-state index in [4.69, 9.17) is 9.57 Å². The zero-order valence-corrected chi connectivity index (χ0v) is 25.0. The van der Waals surface area contributed by atoms with Gasteiger partial charge in [0.2, 0.25) is 0 Å². The molecule has 0 spiro atoms. The highest BCUT2D eigenvalue weighted by atomic mass is 16.7. The predicted octanol–water partition coefficient (Wildman–Crippen LogP) is 6.22. The Morgan fingerprint density at radius 1 is 0.750 bits per heavy atom. The van der Waals surface area contributed by atoms with Crippen LogP contribution in [-0.4, -0.2) is 65.4 Å². The molecule has 1 saturated carbocycles. The number of fused-ring (bicyclic) bond motifs is 1. The standard InChI is InChI=1S/C36H37N5O3/c1-43-33-20-14-29(15-21-33)28-12-18-32(19-13-28)40-24-22-39(23-25-40)31-16-10-27(11-17-31)26-6-8-30(9-7-26)36(42)44-41-35-5-3-2-4-34(35)37-38-41/h2-11,14-17,20-21,28,32H,12-13,18-19,22-25H2,1H3/t28-,32-. The third-order valence-corrected chi connectivity index (χ3v) is 9.29. The molecule has 7 rings (SSSR count). The molecule has 224 valence electrons. The number of hydrogen-bond acceptors (Lipinski definition) is 7. The summed E-state index contributed by atoms with van der Waals surface area (Å²) in [4.78, 5) is 24.5. The van der Waals surface area contributed by atoms with Crippen LogP contribution in [0.1, 0.15) is 47.5 Å². The molecule has 8 heteroatoms. The number of para-hydroxylation sites is 1. The number of nitrogens with zero attached hydrogens (tertiary/aromatic N) is 5. The molecule has 8 nitrogen and oxygen atoms in total. The first-order chi connectivity index (χ1) is 21.6. The van der Waals surface area contributed by atoms with Gasteiger partial charge in [-0.3, -0.25) is 4.90 Å². The Bertz CT molecular complexity index is 1700. The number of methoxy groups -OCH3 is 1. The van der Waals surface area contributed by atoms with Gasteiger partial charge in [0.15, 0.2) is 0 Å². The van der Waals surface area contributed by atoms with E-state index in [9.17, 15) is 4.79 Å². The minimum Gasteiger partial charge on any atom is -0.497 e. The second kappa shape index (κ2) is 12.5. The minimum absolute atomic E-state index is 0.456. The first-order valence-corrected chi connectivity index (χ1v) is 15.5. The van der Waals surface area contributed by atoms with Gasteiger partial charge in [-0.25, -0.2) is 4.79 Å². The van der Waals surface area contributed by atoms with Crippen LogP contribution >= 0.6 is 0 Å². The molecule has 1 saturated heterocycles. The number of rotatable bonds is 7. The van der Waals surface area contributed by atoms with E-state index < -0.39 is 5.97 Å². The predicted molar refractivity (Wildman–Crippen MR) is 172 cm³/mol. The third kappa shape index (κ3) is 5.90. The van der Waals surface area contributed by atoms with Gasteiger partial charge in [-0.05, 0) is 102 Å². The van der Waals surface area contributed by atoms with E-state index in [1.165, 1.54) is 41.8 Å². The van der Waals surface area contributed by atoms with Crippen molar-refractivity contribution in [3.63, 3.8) is 0 Å². The molecule has 0 amide bonds. The summed E-state index contributed by atoms with van der Waals surface area (Å²) < 4.78 is 5.32. The van der Waals surface area contributed by atoms with Crippen LogP contribution in [0, 0.1) is 0 Å². The molecule has 1 aliphatic carbocycles. The molecule has 2 fully saturated rings. The van der Waals surface area contributed by atoms with Crippen molar-refractivity contribution in [2.75, 3.05) is 38.2 Å². The van der Waals surface area contributed by atoms with E-state index in [1.54, 1.807) is 19.2 Å². The van der Waals surface area contributed by atoms with Crippen LogP contribution in [-0.2, 0) is 0 Å². The second-order valence-corrected chi connectivity index (χ2v) is 11.8. The summed E-state index contributed by atoms with van der Waals surface area (Å²) in [5.41, 5.74) is 6.65. The van der Waals surface area contributed by atoms with Gasteiger partial charge < -0.3 is 14.5 Å². The zero-order chi connectivity index (χ0) is 29.9. The van der Waals surface area contributed by atoms with Crippen molar-refractivity contribution in [2.45, 2.75) is 37.6 Å². The van der Waals surface area contributed by atoms with Crippen LogP contribution in [0.3, 0.4) is 0 Å². The summed E-state index contributed by atoms with van der Waals surface area (Å²) in [5.74, 6) is 1.12. The number of hydrogen-bond donors (Lipinski definition) is 0. The molecule has 1 aliphatic heterocycles. The summed E-state index contributed by atoms with van der Waals surface area (Å²) in [5, 5.41) is 7.96. The molecule has 0 N–H and O–H groups in total. The SMILES string of the molecule is COc1ccc([C@H]2CC[C@H](N3CCN(c4ccc(-c5ccc(C(=O)On6nnc7ccccc76)cc5)cc4)CC3)CC2)cc1. The van der Waals surface area contributed by atoms with Gasteiger partial charge >= 0.3 is 5.97 Å². The molecule has 4 aromatic carbocycles. The van der Waals surface area contributed by atoms with Crippen molar-refractivity contribution in [2.24, 2.45) is 0 Å². The Balaban J connectivity index is 0.904. The van der Waals surface area contributed by atoms with E-state index in [1.807, 2.05) is 36.4 Å². The van der Waals surface area contributed by atoms with Gasteiger partial charge in [0.05, 0.1) is 12.7 Å². The molecule has 0 unspecified atom stereocenters. The van der Waals surface area contributed by atoms with Gasteiger partial charge in [-0.1, -0.05) is 53.4 Å². The number of carbonyl (C=O) groups excluding carboxylic acids is 1. The Morgan fingerprint density at radius 2 is 1.41 bits per heavy atom. The normalized spacial score (nSPS) is 19.2. The number of aromatic nitrogens is 3. The highest BCUT2D eigenvalue weighted by Crippen LogP contribution is 2.36. The maximum absolute atomic E-state index is 12.7. The lowest BCUT2D eigenvalue weighted by molar-refractivity contribution is 0.0409. The van der Waals surface area contributed by atoms with Crippen molar-refractivity contribution in [1.82, 2.24) is 20.1 Å². The Kier molecular flexibility index (Phi) is 7.99. The summed E-state index contributed by atoms with van der Waals surface area (Å²) in [6, 6.07) is 32.9. The van der Waals surface area contributed by atoms with E-state index >= 15 is 0 Å². The van der Waals surface area contributed by atoms with Crippen LogP contribution < -0.4 is 14.5 Å². The van der Waals surface area contributed by atoms with Crippen molar-refractivity contribution in [1.29, 1.82) is 0 Å². The monoisotopic (exact) mass is 587 g/mol.